The highest BCUT2D eigenvalue weighted by Crippen LogP contribution is 2.28. The summed E-state index contributed by atoms with van der Waals surface area (Å²) in [4.78, 5) is 14.8. The number of rotatable bonds is 2. The number of nitrogens with zero attached hydrogens (tertiary/aromatic N) is 1. The molecule has 5 heteroatoms. The first-order chi connectivity index (χ1) is 10.6. The Kier molecular flexibility index (Phi) is 5.64. The van der Waals surface area contributed by atoms with Crippen LogP contribution in [-0.4, -0.2) is 30.1 Å². The van der Waals surface area contributed by atoms with E-state index < -0.39 is 0 Å². The molecule has 1 aliphatic rings. The van der Waals surface area contributed by atoms with Gasteiger partial charge in [-0.3, -0.25) is 4.79 Å². The van der Waals surface area contributed by atoms with Crippen LogP contribution in [0.5, 0.6) is 0 Å². The Balaban J connectivity index is 0.00000192. The molecule has 2 N–H and O–H groups in total. The fraction of sp³-hybridized carbons (Fsp3) is 0.278. The van der Waals surface area contributed by atoms with Gasteiger partial charge in [0.05, 0.1) is 18.8 Å². The second-order valence-electron chi connectivity index (χ2n) is 5.65. The molecular formula is C18H21ClN2O2. The van der Waals surface area contributed by atoms with Gasteiger partial charge in [-0.1, -0.05) is 36.4 Å². The molecule has 3 rings (SSSR count). The lowest BCUT2D eigenvalue weighted by atomic mass is 10.0. The maximum Gasteiger partial charge on any atom is 0.254 e. The van der Waals surface area contributed by atoms with Crippen molar-refractivity contribution < 1.29 is 9.53 Å². The van der Waals surface area contributed by atoms with Gasteiger partial charge in [-0.05, 0) is 30.7 Å². The van der Waals surface area contributed by atoms with Gasteiger partial charge >= 0.3 is 0 Å². The normalized spacial score (nSPS) is 20.7. The first kappa shape index (κ1) is 17.3. The molecule has 1 saturated heterocycles. The van der Waals surface area contributed by atoms with E-state index in [2.05, 4.69) is 0 Å². The molecule has 2 unspecified atom stereocenters. The molecule has 2 atom stereocenters. The van der Waals surface area contributed by atoms with Crippen LogP contribution < -0.4 is 5.73 Å². The highest BCUT2D eigenvalue weighted by molar-refractivity contribution is 5.95. The van der Waals surface area contributed by atoms with Crippen LogP contribution in [0.4, 0.5) is 5.69 Å². The fourth-order valence-electron chi connectivity index (χ4n) is 2.82. The lowest BCUT2D eigenvalue weighted by Gasteiger charge is -2.39. The average molecular weight is 333 g/mol. The van der Waals surface area contributed by atoms with E-state index in [0.29, 0.717) is 24.4 Å². The van der Waals surface area contributed by atoms with Crippen LogP contribution in [-0.2, 0) is 4.74 Å². The molecule has 4 nitrogen and oxygen atoms in total. The SMILES string of the molecule is CC1CN(C(=O)c2cccc(N)c2)C(c2ccccc2)CO1.Cl. The van der Waals surface area contributed by atoms with Gasteiger partial charge in [0.25, 0.3) is 5.91 Å². The van der Waals surface area contributed by atoms with E-state index in [0.717, 1.165) is 5.56 Å². The van der Waals surface area contributed by atoms with Gasteiger partial charge < -0.3 is 15.4 Å². The van der Waals surface area contributed by atoms with Crippen molar-refractivity contribution in [1.29, 1.82) is 0 Å². The monoisotopic (exact) mass is 332 g/mol. The smallest absolute Gasteiger partial charge is 0.254 e. The molecule has 23 heavy (non-hydrogen) atoms. The maximum absolute atomic E-state index is 12.9. The van der Waals surface area contributed by atoms with Gasteiger partial charge in [-0.2, -0.15) is 0 Å². The number of ether oxygens (including phenoxy) is 1. The standard InChI is InChI=1S/C18H20N2O2.ClH/c1-13-11-20(18(21)15-8-5-9-16(19)10-15)17(12-22-13)14-6-3-2-4-7-14;/h2-10,13,17H,11-12,19H2,1H3;1H. The number of hydrogen-bond acceptors (Lipinski definition) is 3. The van der Waals surface area contributed by atoms with Crippen molar-refractivity contribution >= 4 is 24.0 Å². The Labute approximate surface area is 142 Å². The zero-order valence-electron chi connectivity index (χ0n) is 13.0. The molecule has 1 aliphatic heterocycles. The Morgan fingerprint density at radius 1 is 1.17 bits per heavy atom. The van der Waals surface area contributed by atoms with Crippen molar-refractivity contribution in [2.75, 3.05) is 18.9 Å². The first-order valence-corrected chi connectivity index (χ1v) is 7.48. The molecule has 1 fully saturated rings. The van der Waals surface area contributed by atoms with Crippen LogP contribution in [0.3, 0.4) is 0 Å². The van der Waals surface area contributed by atoms with E-state index in [4.69, 9.17) is 10.5 Å². The van der Waals surface area contributed by atoms with Crippen molar-refractivity contribution in [2.45, 2.75) is 19.1 Å². The van der Waals surface area contributed by atoms with E-state index in [1.807, 2.05) is 48.2 Å². The van der Waals surface area contributed by atoms with Crippen LogP contribution >= 0.6 is 12.4 Å². The van der Waals surface area contributed by atoms with Gasteiger partial charge in [0.15, 0.2) is 0 Å². The first-order valence-electron chi connectivity index (χ1n) is 7.48. The van der Waals surface area contributed by atoms with Crippen molar-refractivity contribution in [2.24, 2.45) is 0 Å². The highest BCUT2D eigenvalue weighted by atomic mass is 35.5. The number of amides is 1. The quantitative estimate of drug-likeness (QED) is 0.858. The number of nitrogen functional groups attached to an aromatic ring is 1. The van der Waals surface area contributed by atoms with Crippen molar-refractivity contribution in [3.8, 4) is 0 Å². The second-order valence-corrected chi connectivity index (χ2v) is 5.65. The number of carbonyl (C=O) groups excluding carboxylic acids is 1. The lowest BCUT2D eigenvalue weighted by Crippen LogP contribution is -2.46. The number of morpholine rings is 1. The Hall–Kier alpha value is -2.04. The summed E-state index contributed by atoms with van der Waals surface area (Å²) < 4.78 is 5.77. The number of anilines is 1. The molecule has 0 radical (unpaired) electrons. The summed E-state index contributed by atoms with van der Waals surface area (Å²) in [5, 5.41) is 0. The molecule has 0 spiro atoms. The maximum atomic E-state index is 12.9. The number of nitrogens with two attached hydrogens (primary N) is 1. The minimum atomic E-state index is -0.0636. The zero-order valence-corrected chi connectivity index (χ0v) is 13.8. The van der Waals surface area contributed by atoms with Crippen LogP contribution in [0, 0.1) is 0 Å². The van der Waals surface area contributed by atoms with E-state index in [1.165, 1.54) is 0 Å². The Morgan fingerprint density at radius 3 is 2.61 bits per heavy atom. The van der Waals surface area contributed by atoms with E-state index in [1.54, 1.807) is 18.2 Å². The molecule has 0 saturated carbocycles. The molecule has 1 heterocycles. The largest absolute Gasteiger partial charge is 0.399 e. The molecule has 0 bridgehead atoms. The summed E-state index contributed by atoms with van der Waals surface area (Å²) in [6, 6.07) is 17.1. The number of hydrogen-bond donors (Lipinski definition) is 1. The molecule has 1 amide bonds. The van der Waals surface area contributed by atoms with Crippen LogP contribution in [0.15, 0.2) is 54.6 Å². The van der Waals surface area contributed by atoms with Gasteiger partial charge in [0, 0.05) is 17.8 Å². The van der Waals surface area contributed by atoms with Crippen molar-refractivity contribution in [1.82, 2.24) is 4.90 Å². The number of benzene rings is 2. The van der Waals surface area contributed by atoms with Crippen LogP contribution in [0.25, 0.3) is 0 Å². The average Bonchev–Trinajstić information content (AvgIpc) is 2.55. The topological polar surface area (TPSA) is 55.6 Å². The molecule has 0 aromatic heterocycles. The second kappa shape index (κ2) is 7.49. The fourth-order valence-corrected chi connectivity index (χ4v) is 2.82. The van der Waals surface area contributed by atoms with E-state index in [-0.39, 0.29) is 30.5 Å². The summed E-state index contributed by atoms with van der Waals surface area (Å²) in [5.74, 6) is -0.00342. The Morgan fingerprint density at radius 2 is 1.91 bits per heavy atom. The number of halogens is 1. The summed E-state index contributed by atoms with van der Waals surface area (Å²) in [5.41, 5.74) is 8.11. The third kappa shape index (κ3) is 3.84. The molecule has 2 aromatic carbocycles. The van der Waals surface area contributed by atoms with Crippen LogP contribution in [0.2, 0.25) is 0 Å². The third-order valence-corrected chi connectivity index (χ3v) is 3.95. The molecule has 2 aromatic rings. The summed E-state index contributed by atoms with van der Waals surface area (Å²) in [7, 11) is 0. The predicted octanol–water partition coefficient (Wildman–Crippen LogP) is 3.29. The number of carbonyl (C=O) groups is 1. The highest BCUT2D eigenvalue weighted by Gasteiger charge is 2.32. The minimum absolute atomic E-state index is 0. The van der Waals surface area contributed by atoms with Crippen molar-refractivity contribution in [3.63, 3.8) is 0 Å². The summed E-state index contributed by atoms with van der Waals surface area (Å²) in [6.07, 6.45) is 0.0324. The molecular weight excluding hydrogens is 312 g/mol. The lowest BCUT2D eigenvalue weighted by molar-refractivity contribution is -0.0447. The zero-order chi connectivity index (χ0) is 15.5. The summed E-state index contributed by atoms with van der Waals surface area (Å²) in [6.45, 7) is 3.08. The van der Waals surface area contributed by atoms with Gasteiger partial charge in [-0.25, -0.2) is 0 Å². The third-order valence-electron chi connectivity index (χ3n) is 3.95. The van der Waals surface area contributed by atoms with Gasteiger partial charge in [-0.15, -0.1) is 12.4 Å². The minimum Gasteiger partial charge on any atom is -0.399 e. The van der Waals surface area contributed by atoms with E-state index >= 15 is 0 Å². The van der Waals surface area contributed by atoms with Crippen LogP contribution in [0.1, 0.15) is 28.9 Å². The molecule has 0 aliphatic carbocycles. The summed E-state index contributed by atoms with van der Waals surface area (Å²) >= 11 is 0. The Bertz CT molecular complexity index is 663. The molecule has 122 valence electrons. The van der Waals surface area contributed by atoms with Gasteiger partial charge in [0.2, 0.25) is 0 Å². The van der Waals surface area contributed by atoms with E-state index in [9.17, 15) is 4.79 Å². The van der Waals surface area contributed by atoms with Crippen molar-refractivity contribution in [3.05, 3.63) is 65.7 Å². The van der Waals surface area contributed by atoms with Gasteiger partial charge in [0.1, 0.15) is 0 Å². The predicted molar refractivity (Wildman–Crippen MR) is 93.7 cm³/mol.